The second-order valence-corrected chi connectivity index (χ2v) is 8.88. The Morgan fingerprint density at radius 3 is 2.34 bits per heavy atom. The predicted octanol–water partition coefficient (Wildman–Crippen LogP) is 2.35. The van der Waals surface area contributed by atoms with Gasteiger partial charge in [0, 0.05) is 44.4 Å². The van der Waals surface area contributed by atoms with Crippen molar-refractivity contribution < 1.29 is 18.0 Å². The van der Waals surface area contributed by atoms with E-state index in [0.717, 1.165) is 12.0 Å². The van der Waals surface area contributed by atoms with Crippen LogP contribution in [0, 0.1) is 0 Å². The average Bonchev–Trinajstić information content (AvgIpc) is 2.74. The first kappa shape index (κ1) is 21.0. The zero-order chi connectivity index (χ0) is 21.0. The number of hydrogen-bond acceptors (Lipinski definition) is 4. The van der Waals surface area contributed by atoms with E-state index in [1.54, 1.807) is 23.1 Å². The highest BCUT2D eigenvalue weighted by Crippen LogP contribution is 2.20. The van der Waals surface area contributed by atoms with Gasteiger partial charge in [-0.1, -0.05) is 25.1 Å². The maximum atomic E-state index is 13.0. The van der Waals surface area contributed by atoms with Crippen LogP contribution in [0.2, 0.25) is 0 Å². The average molecular weight is 416 g/mol. The molecule has 1 heterocycles. The molecule has 0 spiro atoms. The van der Waals surface area contributed by atoms with Crippen molar-refractivity contribution in [2.75, 3.05) is 31.5 Å². The first-order chi connectivity index (χ1) is 13.8. The first-order valence-corrected chi connectivity index (χ1v) is 11.0. The molecular weight excluding hydrogens is 390 g/mol. The zero-order valence-electron chi connectivity index (χ0n) is 16.6. The van der Waals surface area contributed by atoms with E-state index in [4.69, 9.17) is 0 Å². The van der Waals surface area contributed by atoms with E-state index in [-0.39, 0.29) is 35.4 Å². The van der Waals surface area contributed by atoms with E-state index in [1.165, 1.54) is 23.4 Å². The summed E-state index contributed by atoms with van der Waals surface area (Å²) in [5.74, 6) is -0.426. The summed E-state index contributed by atoms with van der Waals surface area (Å²) in [5, 5.41) is 2.82. The van der Waals surface area contributed by atoms with Crippen LogP contribution in [0.5, 0.6) is 0 Å². The highest BCUT2D eigenvalue weighted by molar-refractivity contribution is 7.89. The molecule has 3 rings (SSSR count). The van der Waals surface area contributed by atoms with E-state index in [1.807, 2.05) is 25.1 Å². The van der Waals surface area contributed by atoms with Gasteiger partial charge in [0.25, 0.3) is 5.91 Å². The van der Waals surface area contributed by atoms with Crippen LogP contribution < -0.4 is 5.32 Å². The molecule has 1 fully saturated rings. The molecule has 1 aliphatic heterocycles. The number of aryl methyl sites for hydroxylation is 1. The molecule has 29 heavy (non-hydrogen) atoms. The molecule has 1 aliphatic rings. The lowest BCUT2D eigenvalue weighted by Gasteiger charge is -2.33. The fourth-order valence-corrected chi connectivity index (χ4v) is 4.73. The highest BCUT2D eigenvalue weighted by Gasteiger charge is 2.29. The monoisotopic (exact) mass is 415 g/mol. The second kappa shape index (κ2) is 8.75. The molecule has 8 heteroatoms. The van der Waals surface area contributed by atoms with Crippen molar-refractivity contribution >= 4 is 27.5 Å². The molecule has 2 amide bonds. The van der Waals surface area contributed by atoms with Crippen LogP contribution in [-0.2, 0) is 21.2 Å². The number of nitrogens with zero attached hydrogens (tertiary/aromatic N) is 2. The van der Waals surface area contributed by atoms with E-state index < -0.39 is 10.0 Å². The maximum Gasteiger partial charge on any atom is 0.255 e. The molecular formula is C21H25N3O4S. The molecule has 154 valence electrons. The van der Waals surface area contributed by atoms with Gasteiger partial charge in [-0.15, -0.1) is 0 Å². The molecule has 1 N–H and O–H groups in total. The van der Waals surface area contributed by atoms with Gasteiger partial charge in [0.15, 0.2) is 0 Å². The first-order valence-electron chi connectivity index (χ1n) is 9.57. The molecule has 0 saturated carbocycles. The standard InChI is InChI=1S/C21H25N3O4S/c1-3-17-6-4-8-19(14-17)22-21(26)18-7-5-9-20(15-18)29(27,28)24-12-10-23(11-13-24)16(2)25/h4-9,14-15H,3,10-13H2,1-2H3,(H,22,26). The van der Waals surface area contributed by atoms with Crippen LogP contribution in [-0.4, -0.2) is 55.6 Å². The van der Waals surface area contributed by atoms with Crippen molar-refractivity contribution in [3.8, 4) is 0 Å². The normalized spacial score (nSPS) is 15.2. The van der Waals surface area contributed by atoms with E-state index in [2.05, 4.69) is 5.32 Å². The smallest absolute Gasteiger partial charge is 0.255 e. The molecule has 0 radical (unpaired) electrons. The Balaban J connectivity index is 1.76. The van der Waals surface area contributed by atoms with E-state index in [0.29, 0.717) is 18.8 Å². The van der Waals surface area contributed by atoms with Crippen LogP contribution >= 0.6 is 0 Å². The third-order valence-corrected chi connectivity index (χ3v) is 6.91. The lowest BCUT2D eigenvalue weighted by molar-refractivity contribution is -0.129. The van der Waals surface area contributed by atoms with Gasteiger partial charge in [-0.2, -0.15) is 4.31 Å². The van der Waals surface area contributed by atoms with Gasteiger partial charge in [0.2, 0.25) is 15.9 Å². The van der Waals surface area contributed by atoms with Crippen molar-refractivity contribution in [1.29, 1.82) is 0 Å². The van der Waals surface area contributed by atoms with Crippen LogP contribution in [0.25, 0.3) is 0 Å². The number of amides is 2. The van der Waals surface area contributed by atoms with Crippen LogP contribution in [0.3, 0.4) is 0 Å². The lowest BCUT2D eigenvalue weighted by Crippen LogP contribution is -2.49. The number of piperazine rings is 1. The number of benzene rings is 2. The third-order valence-electron chi connectivity index (χ3n) is 5.01. The predicted molar refractivity (Wildman–Crippen MR) is 111 cm³/mol. The molecule has 0 bridgehead atoms. The summed E-state index contributed by atoms with van der Waals surface area (Å²) in [6.07, 6.45) is 0.855. The summed E-state index contributed by atoms with van der Waals surface area (Å²) in [4.78, 5) is 25.8. The summed E-state index contributed by atoms with van der Waals surface area (Å²) >= 11 is 0. The Morgan fingerprint density at radius 1 is 1.00 bits per heavy atom. The number of rotatable bonds is 5. The van der Waals surface area contributed by atoms with Crippen molar-refractivity contribution in [3.05, 3.63) is 59.7 Å². The number of carbonyl (C=O) groups excluding carboxylic acids is 2. The summed E-state index contributed by atoms with van der Waals surface area (Å²) in [6, 6.07) is 13.6. The summed E-state index contributed by atoms with van der Waals surface area (Å²) in [5.41, 5.74) is 2.04. The van der Waals surface area contributed by atoms with Crippen molar-refractivity contribution in [3.63, 3.8) is 0 Å². The molecule has 2 aromatic rings. The molecule has 0 aliphatic carbocycles. The zero-order valence-corrected chi connectivity index (χ0v) is 17.4. The van der Waals surface area contributed by atoms with Crippen LogP contribution in [0.4, 0.5) is 5.69 Å². The van der Waals surface area contributed by atoms with Gasteiger partial charge >= 0.3 is 0 Å². The third kappa shape index (κ3) is 4.83. The molecule has 0 atom stereocenters. The minimum absolute atomic E-state index is 0.0622. The Labute approximate surface area is 171 Å². The van der Waals surface area contributed by atoms with Crippen LogP contribution in [0.1, 0.15) is 29.8 Å². The lowest BCUT2D eigenvalue weighted by atomic mass is 10.1. The van der Waals surface area contributed by atoms with E-state index >= 15 is 0 Å². The van der Waals surface area contributed by atoms with Gasteiger partial charge in [-0.05, 0) is 42.3 Å². The van der Waals surface area contributed by atoms with Gasteiger partial charge in [-0.25, -0.2) is 8.42 Å². The van der Waals surface area contributed by atoms with Crippen molar-refractivity contribution in [2.24, 2.45) is 0 Å². The minimum atomic E-state index is -3.74. The second-order valence-electron chi connectivity index (χ2n) is 6.95. The number of hydrogen-bond donors (Lipinski definition) is 1. The largest absolute Gasteiger partial charge is 0.340 e. The Hall–Kier alpha value is -2.71. The minimum Gasteiger partial charge on any atom is -0.340 e. The molecule has 1 saturated heterocycles. The van der Waals surface area contributed by atoms with Gasteiger partial charge in [-0.3, -0.25) is 9.59 Å². The maximum absolute atomic E-state index is 13.0. The summed E-state index contributed by atoms with van der Waals surface area (Å²) in [6.45, 7) is 4.71. The van der Waals surface area contributed by atoms with E-state index in [9.17, 15) is 18.0 Å². The van der Waals surface area contributed by atoms with Gasteiger partial charge < -0.3 is 10.2 Å². The highest BCUT2D eigenvalue weighted by atomic mass is 32.2. The van der Waals surface area contributed by atoms with Crippen LogP contribution in [0.15, 0.2) is 53.4 Å². The molecule has 7 nitrogen and oxygen atoms in total. The Bertz CT molecular complexity index is 1010. The number of nitrogens with one attached hydrogen (secondary N) is 1. The molecule has 2 aromatic carbocycles. The number of sulfonamides is 1. The Kier molecular flexibility index (Phi) is 6.34. The number of anilines is 1. The topological polar surface area (TPSA) is 86.8 Å². The SMILES string of the molecule is CCc1cccc(NC(=O)c2cccc(S(=O)(=O)N3CCN(C(C)=O)CC3)c2)c1. The van der Waals surface area contributed by atoms with Crippen molar-refractivity contribution in [2.45, 2.75) is 25.2 Å². The molecule has 0 aromatic heterocycles. The van der Waals surface area contributed by atoms with Gasteiger partial charge in [0.1, 0.15) is 0 Å². The summed E-state index contributed by atoms with van der Waals surface area (Å²) in [7, 11) is -3.74. The Morgan fingerprint density at radius 2 is 1.69 bits per heavy atom. The van der Waals surface area contributed by atoms with Crippen molar-refractivity contribution in [1.82, 2.24) is 9.21 Å². The number of carbonyl (C=O) groups is 2. The molecule has 0 unspecified atom stereocenters. The van der Waals surface area contributed by atoms with Gasteiger partial charge in [0.05, 0.1) is 4.90 Å². The fraction of sp³-hybridized carbons (Fsp3) is 0.333. The summed E-state index contributed by atoms with van der Waals surface area (Å²) < 4.78 is 27.3. The fourth-order valence-electron chi connectivity index (χ4n) is 3.26. The quantitative estimate of drug-likeness (QED) is 0.812.